The molecule has 0 aliphatic carbocycles. The molecular formula is C19H19ClN2O2. The van der Waals surface area contributed by atoms with Crippen molar-refractivity contribution in [3.05, 3.63) is 65.7 Å². The van der Waals surface area contributed by atoms with Crippen LogP contribution in [0.25, 0.3) is 0 Å². The fourth-order valence-electron chi connectivity index (χ4n) is 2.24. The van der Waals surface area contributed by atoms with E-state index in [0.717, 1.165) is 5.56 Å². The molecule has 0 radical (unpaired) electrons. The maximum Gasteiger partial charge on any atom is 0.359 e. The molecule has 0 amide bonds. The molecule has 0 bridgehead atoms. The predicted octanol–water partition coefficient (Wildman–Crippen LogP) is 4.27. The average molecular weight is 343 g/mol. The summed E-state index contributed by atoms with van der Waals surface area (Å²) >= 11 is 6.12. The van der Waals surface area contributed by atoms with E-state index in [2.05, 4.69) is 23.4 Å². The van der Waals surface area contributed by atoms with E-state index in [4.69, 9.17) is 16.3 Å². The molecular weight excluding hydrogens is 324 g/mol. The van der Waals surface area contributed by atoms with Gasteiger partial charge in [0.1, 0.15) is 0 Å². The molecule has 0 N–H and O–H groups in total. The molecule has 24 heavy (non-hydrogen) atoms. The van der Waals surface area contributed by atoms with Gasteiger partial charge in [0.15, 0.2) is 16.4 Å². The van der Waals surface area contributed by atoms with Crippen molar-refractivity contribution in [3.8, 4) is 11.8 Å². The first-order valence-electron chi connectivity index (χ1n) is 7.50. The average Bonchev–Trinajstić information content (AvgIpc) is 2.94. The third-order valence-electron chi connectivity index (χ3n) is 3.46. The van der Waals surface area contributed by atoms with E-state index in [1.54, 1.807) is 24.7 Å². The third-order valence-corrected chi connectivity index (χ3v) is 3.74. The minimum atomic E-state index is -0.959. The maximum absolute atomic E-state index is 12.6. The number of rotatable bonds is 4. The molecule has 0 saturated heterocycles. The summed E-state index contributed by atoms with van der Waals surface area (Å²) in [6, 6.07) is 9.66. The lowest BCUT2D eigenvalue weighted by atomic mass is 10.1. The first kappa shape index (κ1) is 17.8. The number of allylic oxidation sites excluding steroid dienone is 1. The first-order chi connectivity index (χ1) is 11.4. The predicted molar refractivity (Wildman–Crippen MR) is 95.0 cm³/mol. The number of carbonyl (C=O) groups is 1. The molecule has 1 heterocycles. The van der Waals surface area contributed by atoms with Crippen LogP contribution in [0.5, 0.6) is 0 Å². The standard InChI is InChI=1S/C19H19ClN2O2/c1-5-6-12-19(3,4)24-18(23)16-17(20)21-13-22(16)14(2)15-10-8-7-9-11-15/h5,7-11,13-14H,1H2,2-4H3/t14-/m1/s1. The van der Waals surface area contributed by atoms with Gasteiger partial charge in [-0.25, -0.2) is 9.78 Å². The number of esters is 1. The van der Waals surface area contributed by atoms with Crippen molar-refractivity contribution >= 4 is 17.6 Å². The van der Waals surface area contributed by atoms with Crippen molar-refractivity contribution in [1.29, 1.82) is 0 Å². The second-order valence-corrected chi connectivity index (χ2v) is 6.11. The number of hydrogen-bond acceptors (Lipinski definition) is 3. The molecule has 0 aliphatic heterocycles. The smallest absolute Gasteiger partial charge is 0.359 e. The second kappa shape index (κ2) is 7.37. The van der Waals surface area contributed by atoms with Crippen molar-refractivity contribution < 1.29 is 9.53 Å². The Morgan fingerprint density at radius 1 is 1.42 bits per heavy atom. The molecule has 0 saturated carbocycles. The zero-order valence-electron chi connectivity index (χ0n) is 13.9. The monoisotopic (exact) mass is 342 g/mol. The van der Waals surface area contributed by atoms with Crippen molar-refractivity contribution in [2.24, 2.45) is 0 Å². The second-order valence-electron chi connectivity index (χ2n) is 5.75. The van der Waals surface area contributed by atoms with Crippen LogP contribution >= 0.6 is 11.6 Å². The van der Waals surface area contributed by atoms with Gasteiger partial charge in [0.25, 0.3) is 0 Å². The number of nitrogens with zero attached hydrogens (tertiary/aromatic N) is 2. The van der Waals surface area contributed by atoms with Crippen molar-refractivity contribution in [3.63, 3.8) is 0 Å². The van der Waals surface area contributed by atoms with Gasteiger partial charge in [-0.2, -0.15) is 0 Å². The van der Waals surface area contributed by atoms with E-state index >= 15 is 0 Å². The number of carbonyl (C=O) groups excluding carboxylic acids is 1. The molecule has 4 nitrogen and oxygen atoms in total. The molecule has 0 unspecified atom stereocenters. The normalized spacial score (nSPS) is 12.0. The Morgan fingerprint density at radius 2 is 2.08 bits per heavy atom. The fourth-order valence-corrected chi connectivity index (χ4v) is 2.46. The Balaban J connectivity index is 2.33. The topological polar surface area (TPSA) is 44.1 Å². The molecule has 124 valence electrons. The molecule has 2 aromatic rings. The summed E-state index contributed by atoms with van der Waals surface area (Å²) in [5.74, 6) is 4.95. The number of hydrogen-bond donors (Lipinski definition) is 0. The summed E-state index contributed by atoms with van der Waals surface area (Å²) in [7, 11) is 0. The molecule has 5 heteroatoms. The van der Waals surface area contributed by atoms with Gasteiger partial charge in [-0.05, 0) is 32.4 Å². The van der Waals surface area contributed by atoms with Crippen LogP contribution in [-0.2, 0) is 4.74 Å². The first-order valence-corrected chi connectivity index (χ1v) is 7.87. The molecule has 1 aromatic heterocycles. The zero-order valence-corrected chi connectivity index (χ0v) is 14.7. The van der Waals surface area contributed by atoms with E-state index in [1.165, 1.54) is 6.08 Å². The lowest BCUT2D eigenvalue weighted by Crippen LogP contribution is -2.28. The van der Waals surface area contributed by atoms with Crippen LogP contribution < -0.4 is 0 Å². The SMILES string of the molecule is C=CC#CC(C)(C)OC(=O)c1c(Cl)ncn1[C@H](C)c1ccccc1. The van der Waals surface area contributed by atoms with Gasteiger partial charge in [0.2, 0.25) is 0 Å². The van der Waals surface area contributed by atoms with Crippen molar-refractivity contribution in [2.45, 2.75) is 32.4 Å². The number of aromatic nitrogens is 2. The van der Waals surface area contributed by atoms with Crippen molar-refractivity contribution in [2.75, 3.05) is 0 Å². The highest BCUT2D eigenvalue weighted by Crippen LogP contribution is 2.25. The van der Waals surface area contributed by atoms with Crippen molar-refractivity contribution in [1.82, 2.24) is 9.55 Å². The molecule has 2 rings (SSSR count). The third kappa shape index (κ3) is 4.06. The van der Waals surface area contributed by atoms with Crippen LogP contribution in [0.3, 0.4) is 0 Å². The van der Waals surface area contributed by atoms with E-state index in [0.29, 0.717) is 0 Å². The largest absolute Gasteiger partial charge is 0.442 e. The van der Waals surface area contributed by atoms with E-state index < -0.39 is 11.6 Å². The summed E-state index contributed by atoms with van der Waals surface area (Å²) in [5, 5.41) is 0.107. The van der Waals surface area contributed by atoms with Crippen LogP contribution in [0.1, 0.15) is 42.9 Å². The molecule has 0 aliphatic rings. The van der Waals surface area contributed by atoms with Crippen LogP contribution in [0.4, 0.5) is 0 Å². The molecule has 1 aromatic carbocycles. The Kier molecular flexibility index (Phi) is 5.48. The number of imidazole rings is 1. The van der Waals surface area contributed by atoms with Gasteiger partial charge >= 0.3 is 5.97 Å². The highest BCUT2D eigenvalue weighted by molar-refractivity contribution is 6.32. The summed E-state index contributed by atoms with van der Waals surface area (Å²) in [5.41, 5.74) is 0.285. The lowest BCUT2D eigenvalue weighted by Gasteiger charge is -2.21. The lowest BCUT2D eigenvalue weighted by molar-refractivity contribution is 0.0191. The molecule has 0 fully saturated rings. The molecule has 0 spiro atoms. The van der Waals surface area contributed by atoms with Crippen LogP contribution in [-0.4, -0.2) is 21.1 Å². The van der Waals surface area contributed by atoms with E-state index in [9.17, 15) is 4.79 Å². The molecule has 1 atom stereocenters. The highest BCUT2D eigenvalue weighted by atomic mass is 35.5. The summed E-state index contributed by atoms with van der Waals surface area (Å²) in [6.45, 7) is 8.90. The Morgan fingerprint density at radius 3 is 2.71 bits per heavy atom. The fraction of sp³-hybridized carbons (Fsp3) is 0.263. The van der Waals surface area contributed by atoms with Gasteiger partial charge in [-0.3, -0.25) is 0 Å². The van der Waals surface area contributed by atoms with Crippen LogP contribution in [0.2, 0.25) is 5.15 Å². The van der Waals surface area contributed by atoms with Gasteiger partial charge in [0.05, 0.1) is 12.4 Å². The van der Waals surface area contributed by atoms with Gasteiger partial charge in [-0.15, -0.1) is 0 Å². The van der Waals surface area contributed by atoms with Crippen LogP contribution in [0.15, 0.2) is 49.3 Å². The van der Waals surface area contributed by atoms with Gasteiger partial charge in [-0.1, -0.05) is 60.4 Å². The van der Waals surface area contributed by atoms with E-state index in [-0.39, 0.29) is 16.9 Å². The number of halogens is 1. The van der Waals surface area contributed by atoms with Crippen LogP contribution in [0, 0.1) is 11.8 Å². The Hall–Kier alpha value is -2.51. The van der Waals surface area contributed by atoms with E-state index in [1.807, 2.05) is 37.3 Å². The number of ether oxygens (including phenoxy) is 1. The Labute approximate surface area is 147 Å². The minimum Gasteiger partial charge on any atom is -0.442 e. The quantitative estimate of drug-likeness (QED) is 0.615. The zero-order chi connectivity index (χ0) is 17.7. The minimum absolute atomic E-state index is 0.107. The Bertz CT molecular complexity index is 798. The summed E-state index contributed by atoms with van der Waals surface area (Å²) < 4.78 is 7.19. The number of benzene rings is 1. The summed E-state index contributed by atoms with van der Waals surface area (Å²) in [4.78, 5) is 16.7. The van der Waals surface area contributed by atoms with Gasteiger partial charge in [0, 0.05) is 0 Å². The van der Waals surface area contributed by atoms with Gasteiger partial charge < -0.3 is 9.30 Å². The highest BCUT2D eigenvalue weighted by Gasteiger charge is 2.28. The summed E-state index contributed by atoms with van der Waals surface area (Å²) in [6.07, 6.45) is 2.99. The maximum atomic E-state index is 12.6.